The van der Waals surface area contributed by atoms with Crippen LogP contribution in [0.15, 0.2) is 23.4 Å². The molecule has 0 radical (unpaired) electrons. The second-order valence-electron chi connectivity index (χ2n) is 5.90. The van der Waals surface area contributed by atoms with Crippen LogP contribution >= 0.6 is 0 Å². The molecule has 2 aliphatic carbocycles. The summed E-state index contributed by atoms with van der Waals surface area (Å²) in [6, 6.07) is 5.83. The summed E-state index contributed by atoms with van der Waals surface area (Å²) < 4.78 is 5.90. The summed E-state index contributed by atoms with van der Waals surface area (Å²) in [6.45, 7) is 0.356. The van der Waals surface area contributed by atoms with E-state index in [-0.39, 0.29) is 0 Å². The zero-order valence-electron chi connectivity index (χ0n) is 11.6. The highest BCUT2D eigenvalue weighted by atomic mass is 16.5. The molecule has 1 aromatic carbocycles. The molecule has 2 aliphatic rings. The second kappa shape index (κ2) is 5.44. The highest BCUT2D eigenvalue weighted by molar-refractivity contribution is 6.02. The van der Waals surface area contributed by atoms with Crippen molar-refractivity contribution in [3.05, 3.63) is 29.3 Å². The highest BCUT2D eigenvalue weighted by Gasteiger charge is 2.32. The Morgan fingerprint density at radius 2 is 1.95 bits per heavy atom. The Morgan fingerprint density at radius 3 is 2.70 bits per heavy atom. The van der Waals surface area contributed by atoms with Crippen LogP contribution in [0.3, 0.4) is 0 Å². The highest BCUT2D eigenvalue weighted by Crippen LogP contribution is 2.33. The molecule has 108 valence electrons. The number of ether oxygens (including phenoxy) is 1. The van der Waals surface area contributed by atoms with Crippen molar-refractivity contribution in [2.75, 3.05) is 6.61 Å². The van der Waals surface area contributed by atoms with Gasteiger partial charge in [0.1, 0.15) is 12.4 Å². The van der Waals surface area contributed by atoms with Crippen molar-refractivity contribution in [1.29, 1.82) is 0 Å². The lowest BCUT2D eigenvalue weighted by Gasteiger charge is -2.25. The Bertz CT molecular complexity index is 518. The van der Waals surface area contributed by atoms with Crippen molar-refractivity contribution in [3.8, 4) is 5.75 Å². The predicted molar refractivity (Wildman–Crippen MR) is 76.6 cm³/mol. The molecular weight excluding hydrogens is 254 g/mol. The van der Waals surface area contributed by atoms with E-state index >= 15 is 0 Å². The van der Waals surface area contributed by atoms with Crippen LogP contribution < -0.4 is 4.74 Å². The van der Waals surface area contributed by atoms with Crippen LogP contribution in [0, 0.1) is 0 Å². The first-order valence-electron chi connectivity index (χ1n) is 7.40. The summed E-state index contributed by atoms with van der Waals surface area (Å²) in [5.41, 5.74) is 2.16. The summed E-state index contributed by atoms with van der Waals surface area (Å²) in [4.78, 5) is 0. The summed E-state index contributed by atoms with van der Waals surface area (Å²) >= 11 is 0. The van der Waals surface area contributed by atoms with E-state index in [9.17, 15) is 5.11 Å². The first kappa shape index (κ1) is 13.4. The SMILES string of the molecule is ON=C1CCCc2c(OCC3(O)CCCC3)cccc21. The first-order chi connectivity index (χ1) is 9.72. The van der Waals surface area contributed by atoms with E-state index in [4.69, 9.17) is 9.94 Å². The summed E-state index contributed by atoms with van der Waals surface area (Å²) in [7, 11) is 0. The number of aliphatic hydroxyl groups is 1. The molecule has 4 heteroatoms. The van der Waals surface area contributed by atoms with Crippen LogP contribution in [0.5, 0.6) is 5.75 Å². The zero-order valence-corrected chi connectivity index (χ0v) is 11.6. The van der Waals surface area contributed by atoms with Gasteiger partial charge in [0.25, 0.3) is 0 Å². The van der Waals surface area contributed by atoms with E-state index < -0.39 is 5.60 Å². The molecule has 1 fully saturated rings. The molecule has 3 rings (SSSR count). The first-order valence-corrected chi connectivity index (χ1v) is 7.40. The van der Waals surface area contributed by atoms with Crippen LogP contribution in [0.1, 0.15) is 49.7 Å². The molecule has 0 amide bonds. The van der Waals surface area contributed by atoms with E-state index in [1.54, 1.807) is 0 Å². The molecule has 1 saturated carbocycles. The normalized spacial score (nSPS) is 22.8. The van der Waals surface area contributed by atoms with Crippen molar-refractivity contribution in [1.82, 2.24) is 0 Å². The Hall–Kier alpha value is -1.55. The molecule has 0 aromatic heterocycles. The third-order valence-corrected chi connectivity index (χ3v) is 4.44. The fraction of sp³-hybridized carbons (Fsp3) is 0.562. The Balaban J connectivity index is 1.80. The molecule has 1 aromatic rings. The van der Waals surface area contributed by atoms with Crippen LogP contribution in [0.2, 0.25) is 0 Å². The maximum absolute atomic E-state index is 10.4. The Labute approximate surface area is 119 Å². The third kappa shape index (κ3) is 2.52. The average Bonchev–Trinajstić information content (AvgIpc) is 2.91. The molecule has 0 saturated heterocycles. The monoisotopic (exact) mass is 275 g/mol. The molecule has 4 nitrogen and oxygen atoms in total. The van der Waals surface area contributed by atoms with Gasteiger partial charge in [0.15, 0.2) is 0 Å². The number of benzene rings is 1. The molecule has 0 aliphatic heterocycles. The van der Waals surface area contributed by atoms with Gasteiger partial charge in [-0.3, -0.25) is 0 Å². The predicted octanol–water partition coefficient (Wildman–Crippen LogP) is 2.89. The van der Waals surface area contributed by atoms with Gasteiger partial charge >= 0.3 is 0 Å². The van der Waals surface area contributed by atoms with E-state index in [1.807, 2.05) is 18.2 Å². The fourth-order valence-corrected chi connectivity index (χ4v) is 3.29. The number of oxime groups is 1. The van der Waals surface area contributed by atoms with Gasteiger partial charge in [-0.05, 0) is 38.2 Å². The van der Waals surface area contributed by atoms with Crippen molar-refractivity contribution >= 4 is 5.71 Å². The van der Waals surface area contributed by atoms with Crippen molar-refractivity contribution in [3.63, 3.8) is 0 Å². The largest absolute Gasteiger partial charge is 0.490 e. The molecule has 0 atom stereocenters. The maximum atomic E-state index is 10.4. The van der Waals surface area contributed by atoms with E-state index in [1.165, 1.54) is 0 Å². The molecular formula is C16H21NO3. The third-order valence-electron chi connectivity index (χ3n) is 4.44. The van der Waals surface area contributed by atoms with Gasteiger partial charge in [0.05, 0.1) is 11.3 Å². The zero-order chi connectivity index (χ0) is 14.0. The maximum Gasteiger partial charge on any atom is 0.123 e. The number of hydrogen-bond acceptors (Lipinski definition) is 4. The lowest BCUT2D eigenvalue weighted by atomic mass is 9.89. The number of nitrogens with zero attached hydrogens (tertiary/aromatic N) is 1. The van der Waals surface area contributed by atoms with Crippen LogP contribution in [-0.2, 0) is 6.42 Å². The minimum atomic E-state index is -0.661. The van der Waals surface area contributed by atoms with Crippen LogP contribution in [0.25, 0.3) is 0 Å². The van der Waals surface area contributed by atoms with Gasteiger partial charge in [0.2, 0.25) is 0 Å². The van der Waals surface area contributed by atoms with Gasteiger partial charge in [-0.1, -0.05) is 30.1 Å². The average molecular weight is 275 g/mol. The minimum Gasteiger partial charge on any atom is -0.490 e. The lowest BCUT2D eigenvalue weighted by molar-refractivity contribution is 0.00112. The quantitative estimate of drug-likeness (QED) is 0.658. The topological polar surface area (TPSA) is 62.1 Å². The second-order valence-corrected chi connectivity index (χ2v) is 5.90. The van der Waals surface area contributed by atoms with Gasteiger partial charge in [-0.15, -0.1) is 0 Å². The number of hydrogen-bond donors (Lipinski definition) is 2. The Kier molecular flexibility index (Phi) is 3.66. The van der Waals surface area contributed by atoms with Gasteiger partial charge < -0.3 is 15.1 Å². The lowest BCUT2D eigenvalue weighted by Crippen LogP contribution is -2.32. The molecule has 0 bridgehead atoms. The molecule has 0 unspecified atom stereocenters. The minimum absolute atomic E-state index is 0.356. The van der Waals surface area contributed by atoms with Gasteiger partial charge in [0, 0.05) is 11.1 Å². The smallest absolute Gasteiger partial charge is 0.123 e. The standard InChI is InChI=1S/C16H21NO3/c18-16(9-1-2-10-16)11-20-15-8-4-5-12-13(15)6-3-7-14(12)17-19/h4-5,8,18-19H,1-3,6-7,9-11H2. The Morgan fingerprint density at radius 1 is 1.15 bits per heavy atom. The molecule has 0 spiro atoms. The summed E-state index contributed by atoms with van der Waals surface area (Å²) in [5.74, 6) is 0.823. The molecule has 2 N–H and O–H groups in total. The molecule has 20 heavy (non-hydrogen) atoms. The van der Waals surface area contributed by atoms with E-state index in [0.29, 0.717) is 6.61 Å². The van der Waals surface area contributed by atoms with Gasteiger partial charge in [-0.2, -0.15) is 0 Å². The number of rotatable bonds is 3. The van der Waals surface area contributed by atoms with Crippen molar-refractivity contribution in [2.24, 2.45) is 5.16 Å². The molecule has 0 heterocycles. The summed E-state index contributed by atoms with van der Waals surface area (Å²) in [6.07, 6.45) is 6.51. The van der Waals surface area contributed by atoms with Crippen molar-refractivity contribution < 1.29 is 15.1 Å². The summed E-state index contributed by atoms with van der Waals surface area (Å²) in [5, 5.41) is 22.8. The van der Waals surface area contributed by atoms with Crippen molar-refractivity contribution in [2.45, 2.75) is 50.5 Å². The van der Waals surface area contributed by atoms with Crippen LogP contribution in [-0.4, -0.2) is 28.2 Å². The fourth-order valence-electron chi connectivity index (χ4n) is 3.29. The van der Waals surface area contributed by atoms with Crippen LogP contribution in [0.4, 0.5) is 0 Å². The van der Waals surface area contributed by atoms with E-state index in [0.717, 1.165) is 67.5 Å². The van der Waals surface area contributed by atoms with Gasteiger partial charge in [-0.25, -0.2) is 0 Å². The van der Waals surface area contributed by atoms with E-state index in [2.05, 4.69) is 5.16 Å². The number of fused-ring (bicyclic) bond motifs is 1.